The van der Waals surface area contributed by atoms with Crippen LogP contribution in [-0.2, 0) is 0 Å². The van der Waals surface area contributed by atoms with Gasteiger partial charge in [-0.15, -0.1) is 0 Å². The molecule has 3 aromatic rings. The normalized spacial score (nSPS) is 10.6. The third kappa shape index (κ3) is 3.37. The summed E-state index contributed by atoms with van der Waals surface area (Å²) in [6, 6.07) is 11.9. The summed E-state index contributed by atoms with van der Waals surface area (Å²) in [5, 5.41) is 3.30. The fourth-order valence-corrected chi connectivity index (χ4v) is 3.55. The molecule has 0 radical (unpaired) electrons. The van der Waals surface area contributed by atoms with E-state index in [2.05, 4.69) is 37.2 Å². The van der Waals surface area contributed by atoms with Gasteiger partial charge in [0, 0.05) is 21.6 Å². The minimum absolute atomic E-state index is 0.0738. The Morgan fingerprint density at radius 1 is 1.17 bits per heavy atom. The van der Waals surface area contributed by atoms with E-state index in [9.17, 15) is 9.59 Å². The van der Waals surface area contributed by atoms with E-state index in [-0.39, 0.29) is 5.56 Å². The summed E-state index contributed by atoms with van der Waals surface area (Å²) in [6.45, 7) is 0. The maximum absolute atomic E-state index is 12.4. The van der Waals surface area contributed by atoms with E-state index in [1.165, 1.54) is 13.2 Å². The lowest BCUT2D eigenvalue weighted by atomic mass is 10.1. The van der Waals surface area contributed by atoms with Gasteiger partial charge in [-0.1, -0.05) is 22.0 Å². The van der Waals surface area contributed by atoms with Crippen LogP contribution in [0.5, 0.6) is 5.75 Å². The number of halogens is 2. The zero-order chi connectivity index (χ0) is 17.3. The van der Waals surface area contributed by atoms with Gasteiger partial charge in [-0.2, -0.15) is 0 Å². The molecule has 1 aromatic heterocycles. The highest BCUT2D eigenvalue weighted by Crippen LogP contribution is 2.28. The Labute approximate surface area is 153 Å². The number of nitrogens with one attached hydrogen (secondary N) is 1. The van der Waals surface area contributed by atoms with Crippen molar-refractivity contribution in [2.24, 2.45) is 0 Å². The highest BCUT2D eigenvalue weighted by Gasteiger charge is 2.16. The van der Waals surface area contributed by atoms with Crippen LogP contribution in [0.25, 0.3) is 11.0 Å². The SMILES string of the molecule is COc1cccc(NC(=O)c2cc3cc(Br)cc(Br)c3oc2=O)c1. The molecule has 5 nitrogen and oxygen atoms in total. The minimum Gasteiger partial charge on any atom is -0.497 e. The van der Waals surface area contributed by atoms with Gasteiger partial charge in [0.2, 0.25) is 0 Å². The lowest BCUT2D eigenvalue weighted by Crippen LogP contribution is -2.20. The van der Waals surface area contributed by atoms with Crippen LogP contribution in [0.2, 0.25) is 0 Å². The molecule has 122 valence electrons. The average Bonchev–Trinajstić information content (AvgIpc) is 2.55. The second-order valence-electron chi connectivity index (χ2n) is 4.94. The van der Waals surface area contributed by atoms with Gasteiger partial charge in [-0.05, 0) is 46.3 Å². The van der Waals surface area contributed by atoms with Crippen LogP contribution in [0.4, 0.5) is 5.69 Å². The number of benzene rings is 2. The molecule has 1 heterocycles. The number of rotatable bonds is 3. The van der Waals surface area contributed by atoms with Crippen LogP contribution >= 0.6 is 31.9 Å². The molecule has 0 atom stereocenters. The van der Waals surface area contributed by atoms with Crippen molar-refractivity contribution in [3.8, 4) is 5.75 Å². The lowest BCUT2D eigenvalue weighted by molar-refractivity contribution is 0.102. The van der Waals surface area contributed by atoms with Crippen LogP contribution in [0.15, 0.2) is 60.6 Å². The first-order valence-corrected chi connectivity index (χ1v) is 8.45. The molecule has 1 N–H and O–H groups in total. The molecule has 3 rings (SSSR count). The van der Waals surface area contributed by atoms with Crippen LogP contribution in [-0.4, -0.2) is 13.0 Å². The number of anilines is 1. The molecule has 1 amide bonds. The molecule has 0 aliphatic heterocycles. The molecule has 0 fully saturated rings. The monoisotopic (exact) mass is 451 g/mol. The van der Waals surface area contributed by atoms with Gasteiger partial charge in [0.25, 0.3) is 5.91 Å². The van der Waals surface area contributed by atoms with Crippen LogP contribution in [0, 0.1) is 0 Å². The fraction of sp³-hybridized carbons (Fsp3) is 0.0588. The Bertz CT molecular complexity index is 998. The van der Waals surface area contributed by atoms with Crippen molar-refractivity contribution in [1.82, 2.24) is 0 Å². The summed E-state index contributed by atoms with van der Waals surface area (Å²) in [5.41, 5.74) is 0.136. The topological polar surface area (TPSA) is 68.5 Å². The van der Waals surface area contributed by atoms with Gasteiger partial charge in [0.05, 0.1) is 11.6 Å². The van der Waals surface area contributed by atoms with Crippen molar-refractivity contribution >= 4 is 54.4 Å². The molecular formula is C17H11Br2NO4. The van der Waals surface area contributed by atoms with E-state index in [0.29, 0.717) is 26.9 Å². The number of hydrogen-bond acceptors (Lipinski definition) is 4. The summed E-state index contributed by atoms with van der Waals surface area (Å²) in [5.74, 6) is 0.0567. The molecule has 0 bridgehead atoms. The van der Waals surface area contributed by atoms with Crippen molar-refractivity contribution < 1.29 is 13.9 Å². The third-order valence-electron chi connectivity index (χ3n) is 3.32. The highest BCUT2D eigenvalue weighted by atomic mass is 79.9. The van der Waals surface area contributed by atoms with E-state index < -0.39 is 11.5 Å². The summed E-state index contributed by atoms with van der Waals surface area (Å²) in [4.78, 5) is 24.6. The molecular weight excluding hydrogens is 442 g/mol. The van der Waals surface area contributed by atoms with E-state index in [4.69, 9.17) is 9.15 Å². The van der Waals surface area contributed by atoms with Gasteiger partial charge in [0.15, 0.2) is 5.58 Å². The Kier molecular flexibility index (Phi) is 4.73. The van der Waals surface area contributed by atoms with Crippen molar-refractivity contribution in [2.45, 2.75) is 0 Å². The smallest absolute Gasteiger partial charge is 0.349 e. The third-order valence-corrected chi connectivity index (χ3v) is 4.37. The first kappa shape index (κ1) is 16.7. The van der Waals surface area contributed by atoms with Gasteiger partial charge >= 0.3 is 5.63 Å². The van der Waals surface area contributed by atoms with Crippen molar-refractivity contribution in [3.05, 3.63) is 67.4 Å². The number of hydrogen-bond donors (Lipinski definition) is 1. The first-order chi connectivity index (χ1) is 11.5. The molecule has 2 aromatic carbocycles. The maximum Gasteiger partial charge on any atom is 0.349 e. The zero-order valence-electron chi connectivity index (χ0n) is 12.4. The van der Waals surface area contributed by atoms with Gasteiger partial charge < -0.3 is 14.5 Å². The minimum atomic E-state index is -0.703. The van der Waals surface area contributed by atoms with E-state index >= 15 is 0 Å². The number of methoxy groups -OCH3 is 1. The van der Waals surface area contributed by atoms with E-state index in [1.54, 1.807) is 36.4 Å². The second kappa shape index (κ2) is 6.78. The lowest BCUT2D eigenvalue weighted by Gasteiger charge is -2.07. The van der Waals surface area contributed by atoms with Gasteiger partial charge in [-0.25, -0.2) is 4.79 Å². The molecule has 0 saturated heterocycles. The summed E-state index contributed by atoms with van der Waals surface area (Å²) in [6.07, 6.45) is 0. The van der Waals surface area contributed by atoms with Crippen LogP contribution in [0.1, 0.15) is 10.4 Å². The molecule has 0 unspecified atom stereocenters. The second-order valence-corrected chi connectivity index (χ2v) is 6.71. The Morgan fingerprint density at radius 2 is 1.96 bits per heavy atom. The van der Waals surface area contributed by atoms with Crippen LogP contribution < -0.4 is 15.7 Å². The quantitative estimate of drug-likeness (QED) is 0.590. The number of carbonyl (C=O) groups excluding carboxylic acids is 1. The highest BCUT2D eigenvalue weighted by molar-refractivity contribution is 9.11. The molecule has 0 aliphatic rings. The molecule has 0 spiro atoms. The summed E-state index contributed by atoms with van der Waals surface area (Å²) < 4.78 is 11.8. The number of ether oxygens (including phenoxy) is 1. The number of amides is 1. The van der Waals surface area contributed by atoms with Gasteiger partial charge in [0.1, 0.15) is 11.3 Å². The number of carbonyl (C=O) groups is 1. The molecule has 7 heteroatoms. The van der Waals surface area contributed by atoms with Crippen molar-refractivity contribution in [3.63, 3.8) is 0 Å². The fourth-order valence-electron chi connectivity index (χ4n) is 2.21. The van der Waals surface area contributed by atoms with Crippen molar-refractivity contribution in [1.29, 1.82) is 0 Å². The standard InChI is InChI=1S/C17H11Br2NO4/c1-23-12-4-2-3-11(8-12)20-16(21)13-6-9-5-10(18)7-14(19)15(9)24-17(13)22/h2-8H,1H3,(H,20,21). The Hall–Kier alpha value is -2.12. The zero-order valence-corrected chi connectivity index (χ0v) is 15.6. The van der Waals surface area contributed by atoms with Crippen LogP contribution in [0.3, 0.4) is 0 Å². The maximum atomic E-state index is 12.4. The first-order valence-electron chi connectivity index (χ1n) is 6.86. The van der Waals surface area contributed by atoms with E-state index in [1.807, 2.05) is 0 Å². The summed E-state index contributed by atoms with van der Waals surface area (Å²) >= 11 is 6.70. The van der Waals surface area contributed by atoms with E-state index in [0.717, 1.165) is 4.47 Å². The molecule has 0 aliphatic carbocycles. The largest absolute Gasteiger partial charge is 0.497 e. The number of fused-ring (bicyclic) bond motifs is 1. The summed E-state index contributed by atoms with van der Waals surface area (Å²) in [7, 11) is 1.54. The Balaban J connectivity index is 2.00. The average molecular weight is 453 g/mol. The van der Waals surface area contributed by atoms with Gasteiger partial charge in [-0.3, -0.25) is 4.79 Å². The predicted octanol–water partition coefficient (Wildman–Crippen LogP) is 4.58. The molecule has 0 saturated carbocycles. The van der Waals surface area contributed by atoms with Crippen molar-refractivity contribution in [2.75, 3.05) is 12.4 Å². The predicted molar refractivity (Wildman–Crippen MR) is 98.8 cm³/mol. The molecule has 24 heavy (non-hydrogen) atoms. The Morgan fingerprint density at radius 3 is 2.71 bits per heavy atom.